The van der Waals surface area contributed by atoms with Gasteiger partial charge in [-0.25, -0.2) is 0 Å². The average molecular weight is 251 g/mol. The molecule has 0 aliphatic carbocycles. The van der Waals surface area contributed by atoms with Crippen molar-refractivity contribution < 1.29 is 13.0 Å². The highest BCUT2D eigenvalue weighted by atomic mass is 79.9. The standard InChI is InChI=1S/C7H7BrO3S/c1-5-2-3-7(6(8)4-5)12(9,10)11/h2-4H,1H3,(H,9,10,11). The van der Waals surface area contributed by atoms with Crippen LogP contribution in [0.25, 0.3) is 0 Å². The van der Waals surface area contributed by atoms with Crippen LogP contribution in [0.15, 0.2) is 27.6 Å². The van der Waals surface area contributed by atoms with Crippen LogP contribution in [0.5, 0.6) is 0 Å². The molecular formula is C7H7BrO3S. The van der Waals surface area contributed by atoms with Crippen molar-refractivity contribution in [1.82, 2.24) is 0 Å². The monoisotopic (exact) mass is 250 g/mol. The zero-order valence-corrected chi connectivity index (χ0v) is 8.68. The Morgan fingerprint density at radius 1 is 1.42 bits per heavy atom. The molecule has 0 amide bonds. The van der Waals surface area contributed by atoms with Crippen molar-refractivity contribution in [1.29, 1.82) is 0 Å². The summed E-state index contributed by atoms with van der Waals surface area (Å²) in [7, 11) is -4.10. The summed E-state index contributed by atoms with van der Waals surface area (Å²) in [5.41, 5.74) is 0.925. The lowest BCUT2D eigenvalue weighted by Gasteiger charge is -2.00. The molecular weight excluding hydrogens is 244 g/mol. The number of benzene rings is 1. The maximum absolute atomic E-state index is 10.7. The van der Waals surface area contributed by atoms with Gasteiger partial charge in [-0.05, 0) is 40.5 Å². The molecule has 1 rings (SSSR count). The summed E-state index contributed by atoms with van der Waals surface area (Å²) in [5, 5.41) is 0. The average Bonchev–Trinajstić information content (AvgIpc) is 1.83. The zero-order valence-electron chi connectivity index (χ0n) is 6.28. The summed E-state index contributed by atoms with van der Waals surface area (Å²) >= 11 is 3.04. The second kappa shape index (κ2) is 3.16. The van der Waals surface area contributed by atoms with Gasteiger partial charge in [0.05, 0.1) is 0 Å². The zero-order chi connectivity index (χ0) is 9.35. The van der Waals surface area contributed by atoms with Crippen molar-refractivity contribution >= 4 is 26.0 Å². The Morgan fingerprint density at radius 2 is 2.00 bits per heavy atom. The molecule has 1 N–H and O–H groups in total. The second-order valence-electron chi connectivity index (χ2n) is 2.41. The first-order chi connectivity index (χ1) is 5.41. The van der Waals surface area contributed by atoms with Crippen LogP contribution in [0.3, 0.4) is 0 Å². The maximum Gasteiger partial charge on any atom is 0.295 e. The summed E-state index contributed by atoms with van der Waals surface area (Å²) in [6, 6.07) is 4.60. The van der Waals surface area contributed by atoms with Crippen molar-refractivity contribution in [2.45, 2.75) is 11.8 Å². The van der Waals surface area contributed by atoms with Gasteiger partial charge < -0.3 is 0 Å². The molecule has 0 aliphatic rings. The first-order valence-corrected chi connectivity index (χ1v) is 5.38. The van der Waals surface area contributed by atoms with Crippen molar-refractivity contribution in [2.75, 3.05) is 0 Å². The largest absolute Gasteiger partial charge is 0.295 e. The highest BCUT2D eigenvalue weighted by molar-refractivity contribution is 9.10. The smallest absolute Gasteiger partial charge is 0.282 e. The van der Waals surface area contributed by atoms with Gasteiger partial charge in [0.25, 0.3) is 10.1 Å². The first-order valence-electron chi connectivity index (χ1n) is 3.15. The molecule has 0 aliphatic heterocycles. The van der Waals surface area contributed by atoms with Crippen molar-refractivity contribution in [3.05, 3.63) is 28.2 Å². The van der Waals surface area contributed by atoms with Gasteiger partial charge in [0.15, 0.2) is 0 Å². The van der Waals surface area contributed by atoms with Crippen LogP contribution in [0.2, 0.25) is 0 Å². The predicted octanol–water partition coefficient (Wildman–Crippen LogP) is 2.00. The fourth-order valence-corrected chi connectivity index (χ4v) is 2.47. The van der Waals surface area contributed by atoms with Crippen molar-refractivity contribution in [2.24, 2.45) is 0 Å². The molecule has 3 nitrogen and oxygen atoms in total. The fourth-order valence-electron chi connectivity index (χ4n) is 0.815. The van der Waals surface area contributed by atoms with Gasteiger partial charge in [-0.3, -0.25) is 4.55 Å². The minimum absolute atomic E-state index is 0.104. The third-order valence-corrected chi connectivity index (χ3v) is 3.20. The predicted molar refractivity (Wildman–Crippen MR) is 48.7 cm³/mol. The minimum Gasteiger partial charge on any atom is -0.282 e. The maximum atomic E-state index is 10.7. The number of rotatable bonds is 1. The molecule has 0 saturated heterocycles. The molecule has 0 radical (unpaired) electrons. The Hall–Kier alpha value is -0.390. The van der Waals surface area contributed by atoms with Gasteiger partial charge in [-0.2, -0.15) is 8.42 Å². The lowest BCUT2D eigenvalue weighted by atomic mass is 10.2. The molecule has 0 unspecified atom stereocenters. The Morgan fingerprint density at radius 3 is 2.42 bits per heavy atom. The van der Waals surface area contributed by atoms with Crippen LogP contribution < -0.4 is 0 Å². The van der Waals surface area contributed by atoms with E-state index in [1.54, 1.807) is 12.1 Å². The third kappa shape index (κ3) is 2.06. The molecule has 66 valence electrons. The lowest BCUT2D eigenvalue weighted by Crippen LogP contribution is -1.98. The normalized spacial score (nSPS) is 11.6. The van der Waals surface area contributed by atoms with E-state index >= 15 is 0 Å². The van der Waals surface area contributed by atoms with Crippen LogP contribution in [-0.4, -0.2) is 13.0 Å². The first kappa shape index (κ1) is 9.70. The van der Waals surface area contributed by atoms with E-state index < -0.39 is 10.1 Å². The highest BCUT2D eigenvalue weighted by Gasteiger charge is 2.12. The van der Waals surface area contributed by atoms with Crippen molar-refractivity contribution in [3.8, 4) is 0 Å². The topological polar surface area (TPSA) is 54.4 Å². The van der Waals surface area contributed by atoms with Crippen LogP contribution in [0, 0.1) is 6.92 Å². The van der Waals surface area contributed by atoms with E-state index in [9.17, 15) is 8.42 Å². The van der Waals surface area contributed by atoms with Gasteiger partial charge in [0, 0.05) is 4.47 Å². The van der Waals surface area contributed by atoms with Crippen LogP contribution in [-0.2, 0) is 10.1 Å². The molecule has 0 heterocycles. The molecule has 0 saturated carbocycles. The van der Waals surface area contributed by atoms with E-state index in [1.165, 1.54) is 6.07 Å². The lowest BCUT2D eigenvalue weighted by molar-refractivity contribution is 0.482. The van der Waals surface area contributed by atoms with E-state index in [0.717, 1.165) is 5.56 Å². The molecule has 1 aromatic carbocycles. The summed E-state index contributed by atoms with van der Waals surface area (Å²) < 4.78 is 30.5. The Labute approximate surface area is 79.3 Å². The SMILES string of the molecule is Cc1ccc(S(=O)(=O)O)c(Br)c1. The fraction of sp³-hybridized carbons (Fsp3) is 0.143. The Bertz CT molecular complexity index is 397. The van der Waals surface area contributed by atoms with E-state index in [1.807, 2.05) is 6.92 Å². The van der Waals surface area contributed by atoms with Gasteiger partial charge >= 0.3 is 0 Å². The summed E-state index contributed by atoms with van der Waals surface area (Å²) in [4.78, 5) is -0.104. The van der Waals surface area contributed by atoms with E-state index in [2.05, 4.69) is 15.9 Å². The molecule has 0 atom stereocenters. The Balaban J connectivity index is 3.39. The molecule has 0 aromatic heterocycles. The Kier molecular flexibility index (Phi) is 2.55. The quantitative estimate of drug-likeness (QED) is 0.776. The molecule has 0 fully saturated rings. The van der Waals surface area contributed by atoms with Gasteiger partial charge in [0.1, 0.15) is 4.90 Å². The number of halogens is 1. The van der Waals surface area contributed by atoms with Crippen molar-refractivity contribution in [3.63, 3.8) is 0 Å². The van der Waals surface area contributed by atoms with Crippen LogP contribution in [0.1, 0.15) is 5.56 Å². The molecule has 0 spiro atoms. The molecule has 5 heteroatoms. The molecule has 12 heavy (non-hydrogen) atoms. The highest BCUT2D eigenvalue weighted by Crippen LogP contribution is 2.22. The second-order valence-corrected chi connectivity index (χ2v) is 4.65. The van der Waals surface area contributed by atoms with Crippen LogP contribution >= 0.6 is 15.9 Å². The molecule has 1 aromatic rings. The number of aryl methyl sites for hydroxylation is 1. The minimum atomic E-state index is -4.10. The van der Waals surface area contributed by atoms with E-state index in [0.29, 0.717) is 4.47 Å². The van der Waals surface area contributed by atoms with Crippen LogP contribution in [0.4, 0.5) is 0 Å². The number of hydrogen-bond donors (Lipinski definition) is 1. The van der Waals surface area contributed by atoms with Gasteiger partial charge in [-0.1, -0.05) is 6.07 Å². The van der Waals surface area contributed by atoms with Gasteiger partial charge in [0.2, 0.25) is 0 Å². The summed E-state index contributed by atoms with van der Waals surface area (Å²) in [6.07, 6.45) is 0. The summed E-state index contributed by atoms with van der Waals surface area (Å²) in [5.74, 6) is 0. The van der Waals surface area contributed by atoms with E-state index in [-0.39, 0.29) is 4.90 Å². The van der Waals surface area contributed by atoms with E-state index in [4.69, 9.17) is 4.55 Å². The third-order valence-electron chi connectivity index (χ3n) is 1.37. The number of hydrogen-bond acceptors (Lipinski definition) is 2. The molecule has 0 bridgehead atoms. The van der Waals surface area contributed by atoms with Gasteiger partial charge in [-0.15, -0.1) is 0 Å². The summed E-state index contributed by atoms with van der Waals surface area (Å²) in [6.45, 7) is 1.83.